The van der Waals surface area contributed by atoms with Gasteiger partial charge in [-0.05, 0) is 28.1 Å². The lowest BCUT2D eigenvalue weighted by Gasteiger charge is -2.15. The molecule has 0 unspecified atom stereocenters. The van der Waals surface area contributed by atoms with Crippen LogP contribution in [0.5, 0.6) is 0 Å². The van der Waals surface area contributed by atoms with Crippen molar-refractivity contribution in [3.63, 3.8) is 0 Å². The maximum absolute atomic E-state index is 12.1. The minimum absolute atomic E-state index is 0.120. The number of furan rings is 1. The van der Waals surface area contributed by atoms with Crippen LogP contribution in [0.25, 0.3) is 0 Å². The summed E-state index contributed by atoms with van der Waals surface area (Å²) in [5.74, 6) is 0.489. The molecular weight excluding hydrogens is 300 g/mol. The Hall–Kier alpha value is -1.89. The van der Waals surface area contributed by atoms with Gasteiger partial charge in [0.15, 0.2) is 16.2 Å². The molecule has 2 N–H and O–H groups in total. The molecule has 2 aromatic rings. The van der Waals surface area contributed by atoms with Gasteiger partial charge in [-0.1, -0.05) is 0 Å². The number of nitrogen functional groups attached to an aromatic ring is 1. The second-order valence-electron chi connectivity index (χ2n) is 3.66. The predicted octanol–water partition coefficient (Wildman–Crippen LogP) is 1.69. The zero-order valence-corrected chi connectivity index (χ0v) is 11.2. The summed E-state index contributed by atoms with van der Waals surface area (Å²) in [6.07, 6.45) is 2.87. The quantitative estimate of drug-likeness (QED) is 0.932. The van der Waals surface area contributed by atoms with Crippen LogP contribution in [-0.2, 0) is 6.54 Å². The number of nitrogens with two attached hydrogens (primary N) is 1. The molecule has 0 atom stereocenters. The number of hydrogen-bond donors (Lipinski definition) is 1. The van der Waals surface area contributed by atoms with Gasteiger partial charge < -0.3 is 15.1 Å². The van der Waals surface area contributed by atoms with E-state index < -0.39 is 0 Å². The lowest BCUT2D eigenvalue weighted by atomic mass is 10.3. The highest BCUT2D eigenvalue weighted by Crippen LogP contribution is 2.16. The van der Waals surface area contributed by atoms with Gasteiger partial charge in [-0.3, -0.25) is 4.79 Å². The third kappa shape index (κ3) is 2.67. The van der Waals surface area contributed by atoms with E-state index in [2.05, 4.69) is 25.9 Å². The molecule has 7 heteroatoms. The zero-order valence-electron chi connectivity index (χ0n) is 9.63. The van der Waals surface area contributed by atoms with Gasteiger partial charge in [0, 0.05) is 19.4 Å². The average molecular weight is 311 g/mol. The first-order chi connectivity index (χ1) is 8.58. The highest BCUT2D eigenvalue weighted by Gasteiger charge is 2.17. The number of amides is 1. The minimum atomic E-state index is -0.298. The summed E-state index contributed by atoms with van der Waals surface area (Å²) in [6.45, 7) is 0.334. The average Bonchev–Trinajstić information content (AvgIpc) is 2.74. The number of rotatable bonds is 3. The van der Waals surface area contributed by atoms with Gasteiger partial charge >= 0.3 is 0 Å². The van der Waals surface area contributed by atoms with Crippen molar-refractivity contribution < 1.29 is 9.21 Å². The van der Waals surface area contributed by atoms with E-state index in [-0.39, 0.29) is 17.4 Å². The van der Waals surface area contributed by atoms with Gasteiger partial charge in [0.1, 0.15) is 5.76 Å². The summed E-state index contributed by atoms with van der Waals surface area (Å²) >= 11 is 3.20. The third-order valence-corrected chi connectivity index (χ3v) is 2.72. The SMILES string of the molecule is CN(Cc1ccc(Br)o1)C(=O)c1nccnc1N. The summed E-state index contributed by atoms with van der Waals surface area (Å²) < 4.78 is 5.95. The Bertz CT molecular complexity index is 570. The number of halogens is 1. The van der Waals surface area contributed by atoms with Crippen LogP contribution < -0.4 is 5.73 Å². The summed E-state index contributed by atoms with van der Waals surface area (Å²) in [4.78, 5) is 21.3. The highest BCUT2D eigenvalue weighted by molar-refractivity contribution is 9.10. The van der Waals surface area contributed by atoms with E-state index in [0.29, 0.717) is 17.0 Å². The van der Waals surface area contributed by atoms with Gasteiger partial charge in [0.2, 0.25) is 0 Å². The number of carbonyl (C=O) groups is 1. The molecule has 0 aliphatic carbocycles. The van der Waals surface area contributed by atoms with Crippen molar-refractivity contribution >= 4 is 27.7 Å². The maximum Gasteiger partial charge on any atom is 0.276 e. The second kappa shape index (κ2) is 5.18. The Morgan fingerprint density at radius 3 is 2.78 bits per heavy atom. The lowest BCUT2D eigenvalue weighted by Crippen LogP contribution is -2.28. The molecule has 0 saturated heterocycles. The van der Waals surface area contributed by atoms with E-state index >= 15 is 0 Å². The fourth-order valence-corrected chi connectivity index (χ4v) is 1.78. The van der Waals surface area contributed by atoms with Crippen molar-refractivity contribution in [2.75, 3.05) is 12.8 Å². The molecule has 0 spiro atoms. The molecule has 0 fully saturated rings. The fourth-order valence-electron chi connectivity index (χ4n) is 1.44. The smallest absolute Gasteiger partial charge is 0.276 e. The molecule has 0 aliphatic heterocycles. The van der Waals surface area contributed by atoms with Crippen molar-refractivity contribution in [3.8, 4) is 0 Å². The van der Waals surface area contributed by atoms with Crippen LogP contribution in [0.3, 0.4) is 0 Å². The monoisotopic (exact) mass is 310 g/mol. The van der Waals surface area contributed by atoms with Crippen molar-refractivity contribution in [2.45, 2.75) is 6.54 Å². The molecule has 2 rings (SSSR count). The first-order valence-corrected chi connectivity index (χ1v) is 5.93. The van der Waals surface area contributed by atoms with E-state index in [4.69, 9.17) is 10.2 Å². The molecule has 0 aromatic carbocycles. The molecule has 2 aromatic heterocycles. The van der Waals surface area contributed by atoms with Gasteiger partial charge in [-0.15, -0.1) is 0 Å². The first kappa shape index (κ1) is 12.6. The number of carbonyl (C=O) groups excluding carboxylic acids is 1. The molecule has 1 amide bonds. The molecule has 2 heterocycles. The van der Waals surface area contributed by atoms with Crippen molar-refractivity contribution in [1.29, 1.82) is 0 Å². The topological polar surface area (TPSA) is 85.2 Å². The van der Waals surface area contributed by atoms with E-state index in [1.54, 1.807) is 19.2 Å². The Morgan fingerprint density at radius 2 is 2.17 bits per heavy atom. The molecule has 6 nitrogen and oxygen atoms in total. The minimum Gasteiger partial charge on any atom is -0.452 e. The maximum atomic E-state index is 12.1. The van der Waals surface area contributed by atoms with Gasteiger partial charge in [0.05, 0.1) is 6.54 Å². The summed E-state index contributed by atoms with van der Waals surface area (Å²) in [7, 11) is 1.65. The lowest BCUT2D eigenvalue weighted by molar-refractivity contribution is 0.0770. The normalized spacial score (nSPS) is 10.3. The molecule has 94 valence electrons. The second-order valence-corrected chi connectivity index (χ2v) is 4.44. The van der Waals surface area contributed by atoms with Crippen molar-refractivity contribution in [1.82, 2.24) is 14.9 Å². The number of anilines is 1. The van der Waals surface area contributed by atoms with E-state index in [1.165, 1.54) is 17.3 Å². The summed E-state index contributed by atoms with van der Waals surface area (Å²) in [5, 5.41) is 0. The van der Waals surface area contributed by atoms with Crippen LogP contribution in [0.15, 0.2) is 33.6 Å². The summed E-state index contributed by atoms with van der Waals surface area (Å²) in [5.41, 5.74) is 5.75. The van der Waals surface area contributed by atoms with Gasteiger partial charge in [-0.2, -0.15) is 0 Å². The number of aromatic nitrogens is 2. The van der Waals surface area contributed by atoms with E-state index in [9.17, 15) is 4.79 Å². The molecule has 0 radical (unpaired) electrons. The van der Waals surface area contributed by atoms with Crippen LogP contribution in [0.4, 0.5) is 5.82 Å². The van der Waals surface area contributed by atoms with Crippen molar-refractivity contribution in [3.05, 3.63) is 40.7 Å². The fraction of sp³-hybridized carbons (Fsp3) is 0.182. The highest BCUT2D eigenvalue weighted by atomic mass is 79.9. The molecular formula is C11H11BrN4O2. The zero-order chi connectivity index (χ0) is 13.1. The van der Waals surface area contributed by atoms with Crippen LogP contribution in [-0.4, -0.2) is 27.8 Å². The van der Waals surface area contributed by atoms with Crippen LogP contribution in [0, 0.1) is 0 Å². The Labute approximate surface area is 112 Å². The van der Waals surface area contributed by atoms with E-state index in [0.717, 1.165) is 0 Å². The Morgan fingerprint density at radius 1 is 1.44 bits per heavy atom. The third-order valence-electron chi connectivity index (χ3n) is 2.30. The van der Waals surface area contributed by atoms with Crippen molar-refractivity contribution in [2.24, 2.45) is 0 Å². The standard InChI is InChI=1S/C11H11BrN4O2/c1-16(6-7-2-3-8(12)18-7)11(17)9-10(13)15-5-4-14-9/h2-5H,6H2,1H3,(H2,13,15). The van der Waals surface area contributed by atoms with Gasteiger partial charge in [0.25, 0.3) is 5.91 Å². The van der Waals surface area contributed by atoms with Gasteiger partial charge in [-0.25, -0.2) is 9.97 Å². The number of hydrogen-bond acceptors (Lipinski definition) is 5. The Balaban J connectivity index is 2.12. The Kier molecular flexibility index (Phi) is 3.61. The van der Waals surface area contributed by atoms with Crippen LogP contribution >= 0.6 is 15.9 Å². The largest absolute Gasteiger partial charge is 0.452 e. The van der Waals surface area contributed by atoms with E-state index in [1.807, 2.05) is 0 Å². The molecule has 18 heavy (non-hydrogen) atoms. The summed E-state index contributed by atoms with van der Waals surface area (Å²) in [6, 6.07) is 3.55. The number of nitrogens with zero attached hydrogens (tertiary/aromatic N) is 3. The molecule has 0 bridgehead atoms. The van der Waals surface area contributed by atoms with Crippen LogP contribution in [0.2, 0.25) is 0 Å². The first-order valence-electron chi connectivity index (χ1n) is 5.14. The van der Waals surface area contributed by atoms with Crippen LogP contribution in [0.1, 0.15) is 16.2 Å². The predicted molar refractivity (Wildman–Crippen MR) is 68.6 cm³/mol. The molecule has 0 saturated carbocycles. The molecule has 0 aliphatic rings.